The van der Waals surface area contributed by atoms with Crippen LogP contribution in [-0.4, -0.2) is 26.0 Å². The average molecular weight is 299 g/mol. The minimum absolute atomic E-state index is 0.295. The predicted octanol–water partition coefficient (Wildman–Crippen LogP) is 1.35. The zero-order valence-corrected chi connectivity index (χ0v) is 11.7. The maximum absolute atomic E-state index is 11.2. The molecule has 1 unspecified atom stereocenters. The van der Waals surface area contributed by atoms with E-state index in [0.29, 0.717) is 26.9 Å². The topological polar surface area (TPSA) is 46.5 Å². The van der Waals surface area contributed by atoms with Crippen molar-refractivity contribution in [1.82, 2.24) is 0 Å². The third-order valence-electron chi connectivity index (χ3n) is 2.46. The number of aliphatic hydroxyl groups is 1. The van der Waals surface area contributed by atoms with Crippen molar-refractivity contribution in [1.29, 1.82) is 0 Å². The Morgan fingerprint density at radius 1 is 1.53 bits per heavy atom. The molecule has 0 aliphatic heterocycles. The van der Waals surface area contributed by atoms with Crippen molar-refractivity contribution >= 4 is 25.4 Å². The zero-order chi connectivity index (χ0) is 12.9. The Hall–Kier alpha value is -1.09. The van der Waals surface area contributed by atoms with Gasteiger partial charge in [0.15, 0.2) is 0 Å². The van der Waals surface area contributed by atoms with Crippen LogP contribution >= 0.6 is 0 Å². The molecule has 0 saturated heterocycles. The van der Waals surface area contributed by atoms with Gasteiger partial charge in [-0.25, -0.2) is 0 Å². The van der Waals surface area contributed by atoms with E-state index >= 15 is 0 Å². The Morgan fingerprint density at radius 3 is 2.53 bits per heavy atom. The summed E-state index contributed by atoms with van der Waals surface area (Å²) in [6.45, 7) is 5.07. The van der Waals surface area contributed by atoms with Crippen LogP contribution in [0.2, 0.25) is 5.82 Å². The molecule has 17 heavy (non-hydrogen) atoms. The molecule has 0 radical (unpaired) electrons. The van der Waals surface area contributed by atoms with Gasteiger partial charge >= 0.3 is 107 Å². The molecule has 0 saturated carbocycles. The number of esters is 1. The normalized spacial score (nSPS) is 13.8. The average Bonchev–Trinajstić information content (AvgIpc) is 2.38. The number of hydrogen-bond acceptors (Lipinski definition) is 3. The number of benzene rings is 1. The van der Waals surface area contributed by atoms with E-state index in [4.69, 9.17) is 4.74 Å². The van der Waals surface area contributed by atoms with Crippen LogP contribution < -0.4 is 4.46 Å². The Bertz CT molecular complexity index is 400. The standard InChI is InChI=1S/C13H16O3Se/c1-4-12(14)16-13(15,5-2)10-6-8-11(17-3)9-7-10/h4,6-9,15H,1,5H2,2-3H3. The van der Waals surface area contributed by atoms with E-state index in [1.54, 1.807) is 19.1 Å². The van der Waals surface area contributed by atoms with E-state index in [2.05, 4.69) is 12.4 Å². The molecular formula is C13H16O3Se. The summed E-state index contributed by atoms with van der Waals surface area (Å²) < 4.78 is 6.23. The van der Waals surface area contributed by atoms with Crippen LogP contribution in [0.4, 0.5) is 0 Å². The summed E-state index contributed by atoms with van der Waals surface area (Å²) in [6, 6.07) is 7.47. The van der Waals surface area contributed by atoms with Crippen LogP contribution in [0, 0.1) is 0 Å². The van der Waals surface area contributed by atoms with Crippen molar-refractivity contribution in [3.8, 4) is 0 Å². The van der Waals surface area contributed by atoms with E-state index in [1.165, 1.54) is 4.46 Å². The summed E-state index contributed by atoms with van der Waals surface area (Å²) in [7, 11) is 0. The summed E-state index contributed by atoms with van der Waals surface area (Å²) in [5.41, 5.74) is 0.586. The van der Waals surface area contributed by atoms with Crippen LogP contribution in [-0.2, 0) is 15.3 Å². The summed E-state index contributed by atoms with van der Waals surface area (Å²) in [5.74, 6) is -0.0748. The van der Waals surface area contributed by atoms with E-state index in [9.17, 15) is 9.90 Å². The third kappa shape index (κ3) is 3.43. The number of carbonyl (C=O) groups excluding carboxylic acids is 1. The molecule has 1 rings (SSSR count). The van der Waals surface area contributed by atoms with Crippen LogP contribution in [0.25, 0.3) is 0 Å². The van der Waals surface area contributed by atoms with E-state index < -0.39 is 11.8 Å². The summed E-state index contributed by atoms with van der Waals surface area (Å²) in [4.78, 5) is 11.2. The molecule has 1 aromatic carbocycles. The second kappa shape index (κ2) is 6.01. The summed E-state index contributed by atoms with van der Waals surface area (Å²) in [6.07, 6.45) is 1.34. The first-order chi connectivity index (χ1) is 8.05. The van der Waals surface area contributed by atoms with Gasteiger partial charge in [-0.1, -0.05) is 0 Å². The fourth-order valence-electron chi connectivity index (χ4n) is 1.39. The summed E-state index contributed by atoms with van der Waals surface area (Å²) >= 11 is 0.417. The first-order valence-electron chi connectivity index (χ1n) is 5.28. The first-order valence-corrected chi connectivity index (χ1v) is 7.85. The van der Waals surface area contributed by atoms with Crippen LogP contribution in [0.1, 0.15) is 18.9 Å². The number of rotatable bonds is 5. The molecular weight excluding hydrogens is 283 g/mol. The van der Waals surface area contributed by atoms with Gasteiger partial charge in [-0.2, -0.15) is 0 Å². The second-order valence-electron chi connectivity index (χ2n) is 3.49. The van der Waals surface area contributed by atoms with Crippen molar-refractivity contribution in [2.45, 2.75) is 25.0 Å². The van der Waals surface area contributed by atoms with Crippen molar-refractivity contribution in [2.75, 3.05) is 0 Å². The Morgan fingerprint density at radius 2 is 2.12 bits per heavy atom. The van der Waals surface area contributed by atoms with Gasteiger partial charge in [0.1, 0.15) is 0 Å². The molecule has 1 atom stereocenters. The Kier molecular flexibility index (Phi) is 4.94. The van der Waals surface area contributed by atoms with Gasteiger partial charge in [0.05, 0.1) is 0 Å². The van der Waals surface area contributed by atoms with Crippen molar-refractivity contribution in [3.63, 3.8) is 0 Å². The van der Waals surface area contributed by atoms with Gasteiger partial charge < -0.3 is 0 Å². The molecule has 1 N–H and O–H groups in total. The molecule has 0 aliphatic carbocycles. The van der Waals surface area contributed by atoms with Crippen molar-refractivity contribution < 1.29 is 14.6 Å². The summed E-state index contributed by atoms with van der Waals surface area (Å²) in [5, 5.41) is 10.3. The molecule has 0 aromatic heterocycles. The molecule has 92 valence electrons. The fraction of sp³-hybridized carbons (Fsp3) is 0.308. The fourth-order valence-corrected chi connectivity index (χ4v) is 2.25. The molecule has 0 spiro atoms. The molecule has 0 heterocycles. The van der Waals surface area contributed by atoms with Crippen LogP contribution in [0.15, 0.2) is 36.9 Å². The van der Waals surface area contributed by atoms with Crippen LogP contribution in [0.3, 0.4) is 0 Å². The Balaban J connectivity index is 2.98. The molecule has 4 heteroatoms. The van der Waals surface area contributed by atoms with E-state index in [1.807, 2.05) is 12.1 Å². The monoisotopic (exact) mass is 300 g/mol. The molecule has 1 aromatic rings. The minimum atomic E-state index is -1.56. The quantitative estimate of drug-likeness (QED) is 0.386. The van der Waals surface area contributed by atoms with Crippen molar-refractivity contribution in [3.05, 3.63) is 42.5 Å². The van der Waals surface area contributed by atoms with E-state index in [0.717, 1.165) is 6.08 Å². The SMILES string of the molecule is C=CC(=O)OC(O)(CC)c1ccc([Se]C)cc1. The zero-order valence-electron chi connectivity index (χ0n) is 9.97. The van der Waals surface area contributed by atoms with Gasteiger partial charge in [-0.3, -0.25) is 0 Å². The Labute approximate surface area is 108 Å². The van der Waals surface area contributed by atoms with Gasteiger partial charge in [0, 0.05) is 0 Å². The third-order valence-corrected chi connectivity index (χ3v) is 4.02. The molecule has 0 bridgehead atoms. The van der Waals surface area contributed by atoms with Gasteiger partial charge in [0.2, 0.25) is 0 Å². The number of ether oxygens (including phenoxy) is 1. The molecule has 0 amide bonds. The van der Waals surface area contributed by atoms with E-state index in [-0.39, 0.29) is 0 Å². The first kappa shape index (κ1) is 14.0. The second-order valence-corrected chi connectivity index (χ2v) is 5.34. The van der Waals surface area contributed by atoms with Crippen molar-refractivity contribution in [2.24, 2.45) is 0 Å². The van der Waals surface area contributed by atoms with Gasteiger partial charge in [-0.15, -0.1) is 0 Å². The van der Waals surface area contributed by atoms with Gasteiger partial charge in [-0.05, 0) is 0 Å². The predicted molar refractivity (Wildman–Crippen MR) is 68.2 cm³/mol. The number of hydrogen-bond donors (Lipinski definition) is 1. The van der Waals surface area contributed by atoms with Gasteiger partial charge in [0.25, 0.3) is 0 Å². The number of carbonyl (C=O) groups is 1. The maximum atomic E-state index is 11.2. The molecule has 0 aliphatic rings. The molecule has 0 fully saturated rings. The van der Waals surface area contributed by atoms with Crippen LogP contribution in [0.5, 0.6) is 0 Å². The molecule has 3 nitrogen and oxygen atoms in total.